The Hall–Kier alpha value is -1.96. The Balaban J connectivity index is 2.02. The largest absolute Gasteiger partial charge is 0.352 e. The van der Waals surface area contributed by atoms with Gasteiger partial charge in [0.05, 0.1) is 0 Å². The van der Waals surface area contributed by atoms with Gasteiger partial charge in [0.15, 0.2) is 0 Å². The Morgan fingerprint density at radius 3 is 2.43 bits per heavy atom. The molecular weight excluding hydrogens is 338 g/mol. The van der Waals surface area contributed by atoms with Gasteiger partial charge in [-0.1, -0.05) is 23.7 Å². The Bertz CT molecular complexity index is 775. The number of benzene rings is 1. The van der Waals surface area contributed by atoms with Crippen LogP contribution in [0.1, 0.15) is 22.8 Å². The molecule has 0 aliphatic rings. The number of hydrogen-bond donors (Lipinski definition) is 2. The summed E-state index contributed by atoms with van der Waals surface area (Å²) in [5.41, 5.74) is 1.27. The number of hydrogen-bond acceptors (Lipinski definition) is 4. The Kier molecular flexibility index (Phi) is 5.70. The molecule has 0 bridgehead atoms. The van der Waals surface area contributed by atoms with E-state index in [1.807, 2.05) is 6.92 Å². The Labute approximate surface area is 139 Å². The van der Waals surface area contributed by atoms with E-state index >= 15 is 0 Å². The van der Waals surface area contributed by atoms with Crippen LogP contribution in [0.2, 0.25) is 5.15 Å². The van der Waals surface area contributed by atoms with Crippen molar-refractivity contribution in [2.45, 2.75) is 18.4 Å². The Morgan fingerprint density at radius 1 is 1.17 bits per heavy atom. The average molecular weight is 354 g/mol. The lowest BCUT2D eigenvalue weighted by molar-refractivity contribution is 0.0956. The van der Waals surface area contributed by atoms with Gasteiger partial charge in [0.1, 0.15) is 10.0 Å². The molecule has 6 nitrogen and oxygen atoms in total. The molecular formula is C15H16ClN3O3S. The minimum absolute atomic E-state index is 0.0424. The summed E-state index contributed by atoms with van der Waals surface area (Å²) < 4.78 is 26.7. The van der Waals surface area contributed by atoms with Crippen molar-refractivity contribution >= 4 is 27.5 Å². The average Bonchev–Trinajstić information content (AvgIpc) is 2.54. The minimum Gasteiger partial charge on any atom is -0.352 e. The lowest BCUT2D eigenvalue weighted by atomic mass is 10.1. The molecule has 0 aliphatic carbocycles. The summed E-state index contributed by atoms with van der Waals surface area (Å²) in [6.07, 6.45) is 1.20. The van der Waals surface area contributed by atoms with Gasteiger partial charge >= 0.3 is 0 Å². The van der Waals surface area contributed by atoms with Crippen molar-refractivity contribution in [1.29, 1.82) is 0 Å². The second kappa shape index (κ2) is 7.54. The molecule has 0 fully saturated rings. The predicted octanol–water partition coefficient (Wildman–Crippen LogP) is 1.96. The van der Waals surface area contributed by atoms with E-state index in [1.165, 1.54) is 18.3 Å². The van der Waals surface area contributed by atoms with Crippen LogP contribution in [0, 0.1) is 0 Å². The third-order valence-electron chi connectivity index (χ3n) is 3.03. The molecule has 23 heavy (non-hydrogen) atoms. The molecule has 2 rings (SSSR count). The lowest BCUT2D eigenvalue weighted by Crippen LogP contribution is -2.24. The van der Waals surface area contributed by atoms with Crippen LogP contribution in [0.25, 0.3) is 0 Å². The number of halogens is 1. The molecule has 0 unspecified atom stereocenters. The minimum atomic E-state index is -3.66. The number of carbonyl (C=O) groups excluding carboxylic acids is 1. The highest BCUT2D eigenvalue weighted by molar-refractivity contribution is 7.89. The van der Waals surface area contributed by atoms with Gasteiger partial charge in [-0.2, -0.15) is 0 Å². The molecule has 2 aromatic rings. The van der Waals surface area contributed by atoms with Crippen LogP contribution in [0.3, 0.4) is 0 Å². The maximum Gasteiger partial charge on any atom is 0.251 e. The van der Waals surface area contributed by atoms with Gasteiger partial charge in [-0.05, 0) is 36.8 Å². The summed E-state index contributed by atoms with van der Waals surface area (Å²) in [6.45, 7) is 2.50. The van der Waals surface area contributed by atoms with Crippen molar-refractivity contribution in [3.63, 3.8) is 0 Å². The molecule has 0 aliphatic heterocycles. The molecule has 1 aromatic carbocycles. The number of sulfonamides is 1. The molecule has 0 spiro atoms. The van der Waals surface area contributed by atoms with E-state index in [1.54, 1.807) is 24.3 Å². The van der Waals surface area contributed by atoms with Crippen molar-refractivity contribution in [2.24, 2.45) is 0 Å². The fraction of sp³-hybridized carbons (Fsp3) is 0.200. The molecule has 1 amide bonds. The van der Waals surface area contributed by atoms with Crippen LogP contribution < -0.4 is 10.0 Å². The van der Waals surface area contributed by atoms with Crippen molar-refractivity contribution < 1.29 is 13.2 Å². The molecule has 0 saturated heterocycles. The summed E-state index contributed by atoms with van der Waals surface area (Å²) in [6, 6.07) is 9.50. The first kappa shape index (κ1) is 17.4. The molecule has 0 saturated carbocycles. The van der Waals surface area contributed by atoms with E-state index in [0.717, 1.165) is 5.56 Å². The van der Waals surface area contributed by atoms with Gasteiger partial charge in [-0.3, -0.25) is 4.79 Å². The highest BCUT2D eigenvalue weighted by Gasteiger charge is 2.14. The highest BCUT2D eigenvalue weighted by atomic mass is 35.5. The summed E-state index contributed by atoms with van der Waals surface area (Å²) in [4.78, 5) is 15.4. The van der Waals surface area contributed by atoms with Crippen LogP contribution in [-0.2, 0) is 16.6 Å². The molecule has 122 valence electrons. The first-order valence-corrected chi connectivity index (χ1v) is 8.77. The number of aromatic nitrogens is 1. The van der Waals surface area contributed by atoms with Crippen LogP contribution in [0.5, 0.6) is 0 Å². The van der Waals surface area contributed by atoms with E-state index in [4.69, 9.17) is 11.6 Å². The molecule has 2 N–H and O–H groups in total. The van der Waals surface area contributed by atoms with E-state index < -0.39 is 10.0 Å². The van der Waals surface area contributed by atoms with Crippen molar-refractivity contribution in [3.05, 3.63) is 58.9 Å². The number of amides is 1. The smallest absolute Gasteiger partial charge is 0.251 e. The first-order valence-electron chi connectivity index (χ1n) is 6.90. The standard InChI is InChI=1S/C15H16ClN3O3S/c1-2-17-15(20)12-5-3-11(4-6-12)9-19-23(21,22)13-7-8-14(16)18-10-13/h3-8,10,19H,2,9H2,1H3,(H,17,20). The second-order valence-corrected chi connectivity index (χ2v) is 6.85. The summed E-state index contributed by atoms with van der Waals surface area (Å²) in [7, 11) is -3.66. The maximum absolute atomic E-state index is 12.1. The number of rotatable bonds is 6. The van der Waals surface area contributed by atoms with Crippen LogP contribution in [-0.4, -0.2) is 25.9 Å². The number of nitrogens with zero attached hydrogens (tertiary/aromatic N) is 1. The molecule has 1 heterocycles. The van der Waals surface area contributed by atoms with Crippen LogP contribution in [0.4, 0.5) is 0 Å². The third-order valence-corrected chi connectivity index (χ3v) is 4.64. The summed E-state index contributed by atoms with van der Waals surface area (Å²) in [5, 5.41) is 2.92. The fourth-order valence-electron chi connectivity index (χ4n) is 1.82. The van der Waals surface area contributed by atoms with E-state index in [-0.39, 0.29) is 22.5 Å². The molecule has 1 aromatic heterocycles. The monoisotopic (exact) mass is 353 g/mol. The summed E-state index contributed by atoms with van der Waals surface area (Å²) in [5.74, 6) is -0.160. The van der Waals surface area contributed by atoms with Gasteiger partial charge in [-0.15, -0.1) is 0 Å². The van der Waals surface area contributed by atoms with Gasteiger partial charge < -0.3 is 5.32 Å². The number of nitrogens with one attached hydrogen (secondary N) is 2. The normalized spacial score (nSPS) is 11.2. The zero-order chi connectivity index (χ0) is 16.9. The Morgan fingerprint density at radius 2 is 1.87 bits per heavy atom. The van der Waals surface area contributed by atoms with Crippen LogP contribution >= 0.6 is 11.6 Å². The lowest BCUT2D eigenvalue weighted by Gasteiger charge is -2.07. The van der Waals surface area contributed by atoms with E-state index in [2.05, 4.69) is 15.0 Å². The highest BCUT2D eigenvalue weighted by Crippen LogP contribution is 2.12. The number of carbonyl (C=O) groups is 1. The van der Waals surface area contributed by atoms with Crippen molar-refractivity contribution in [1.82, 2.24) is 15.0 Å². The number of pyridine rings is 1. The first-order chi connectivity index (χ1) is 10.9. The van der Waals surface area contributed by atoms with Crippen LogP contribution in [0.15, 0.2) is 47.5 Å². The van der Waals surface area contributed by atoms with E-state index in [0.29, 0.717) is 12.1 Å². The molecule has 0 radical (unpaired) electrons. The van der Waals surface area contributed by atoms with Gasteiger partial charge in [0, 0.05) is 24.8 Å². The topological polar surface area (TPSA) is 88.2 Å². The second-order valence-electron chi connectivity index (χ2n) is 4.70. The zero-order valence-corrected chi connectivity index (χ0v) is 14.0. The maximum atomic E-state index is 12.1. The summed E-state index contributed by atoms with van der Waals surface area (Å²) >= 11 is 5.64. The van der Waals surface area contributed by atoms with Crippen molar-refractivity contribution in [3.8, 4) is 0 Å². The van der Waals surface area contributed by atoms with Gasteiger partial charge in [0.25, 0.3) is 5.91 Å². The SMILES string of the molecule is CCNC(=O)c1ccc(CNS(=O)(=O)c2ccc(Cl)nc2)cc1. The van der Waals surface area contributed by atoms with Gasteiger partial charge in [0.2, 0.25) is 10.0 Å². The zero-order valence-electron chi connectivity index (χ0n) is 12.4. The molecule has 8 heteroatoms. The van der Waals surface area contributed by atoms with Gasteiger partial charge in [-0.25, -0.2) is 18.1 Å². The van der Waals surface area contributed by atoms with Crippen molar-refractivity contribution in [2.75, 3.05) is 6.54 Å². The quantitative estimate of drug-likeness (QED) is 0.777. The predicted molar refractivity (Wildman–Crippen MR) is 87.7 cm³/mol. The fourth-order valence-corrected chi connectivity index (χ4v) is 2.89. The molecule has 0 atom stereocenters. The third kappa shape index (κ3) is 4.75. The van der Waals surface area contributed by atoms with E-state index in [9.17, 15) is 13.2 Å².